The number of carbonyl (C=O) groups is 1. The Bertz CT molecular complexity index is 1540. The van der Waals surface area contributed by atoms with Crippen LogP contribution in [0.25, 0.3) is 11.1 Å². The SMILES string of the molecule is C#Cc1c(C)c(CN2CCN(C(=O)OCC3c4ccccc4-c4ccccc43)CC2)cc(B2OC(C)(C)C(C)(C)O2)c1C. The standard InChI is InChI=1S/C36H41BN2O4/c1-8-27-24(2)26(21-33(25(27)3)37-42-35(4,5)36(6,7)43-37)22-38-17-19-39(20-18-38)34(40)41-23-32-30-15-11-9-13-28(30)29-14-10-12-16-31(29)32/h1,9-16,21,32H,17-20,22-23H2,2-7H3. The maximum Gasteiger partial charge on any atom is 0.495 e. The number of fused-ring (bicyclic) bond motifs is 3. The minimum Gasteiger partial charge on any atom is -0.448 e. The lowest BCUT2D eigenvalue weighted by atomic mass is 9.73. The van der Waals surface area contributed by atoms with Crippen molar-refractivity contribution in [3.8, 4) is 23.5 Å². The summed E-state index contributed by atoms with van der Waals surface area (Å²) in [5.41, 5.74) is 9.25. The van der Waals surface area contributed by atoms with Gasteiger partial charge in [-0.25, -0.2) is 4.79 Å². The highest BCUT2D eigenvalue weighted by Crippen LogP contribution is 2.44. The summed E-state index contributed by atoms with van der Waals surface area (Å²) in [6, 6.07) is 19.0. The van der Waals surface area contributed by atoms with Crippen molar-refractivity contribution in [3.05, 3.63) is 88.0 Å². The molecule has 222 valence electrons. The summed E-state index contributed by atoms with van der Waals surface area (Å²) in [5, 5.41) is 0. The minimum absolute atomic E-state index is 0.0608. The third-order valence-corrected chi connectivity index (χ3v) is 10.0. The van der Waals surface area contributed by atoms with Crippen molar-refractivity contribution in [2.45, 2.75) is 65.2 Å². The Balaban J connectivity index is 1.10. The summed E-state index contributed by atoms with van der Waals surface area (Å²) >= 11 is 0. The molecule has 1 amide bonds. The Labute approximate surface area is 256 Å². The third kappa shape index (κ3) is 5.27. The van der Waals surface area contributed by atoms with Crippen LogP contribution in [0.4, 0.5) is 4.79 Å². The second kappa shape index (κ2) is 11.2. The van der Waals surface area contributed by atoms with Gasteiger partial charge in [0.15, 0.2) is 0 Å². The fourth-order valence-corrected chi connectivity index (χ4v) is 6.60. The van der Waals surface area contributed by atoms with Crippen LogP contribution in [0, 0.1) is 26.2 Å². The van der Waals surface area contributed by atoms with Crippen molar-refractivity contribution in [1.29, 1.82) is 0 Å². The average molecular weight is 577 g/mol. The summed E-state index contributed by atoms with van der Waals surface area (Å²) < 4.78 is 18.7. The highest BCUT2D eigenvalue weighted by molar-refractivity contribution is 6.62. The molecule has 2 fully saturated rings. The predicted octanol–water partition coefficient (Wildman–Crippen LogP) is 5.65. The monoisotopic (exact) mass is 576 g/mol. The molecular weight excluding hydrogens is 535 g/mol. The van der Waals surface area contributed by atoms with Gasteiger partial charge in [0.2, 0.25) is 0 Å². The Morgan fingerprint density at radius 2 is 1.49 bits per heavy atom. The number of piperazine rings is 1. The molecule has 3 aromatic carbocycles. The number of carbonyl (C=O) groups excluding carboxylic acids is 1. The first-order chi connectivity index (χ1) is 20.5. The van der Waals surface area contributed by atoms with E-state index in [0.29, 0.717) is 19.7 Å². The van der Waals surface area contributed by atoms with Crippen LogP contribution in [0.1, 0.15) is 67.0 Å². The van der Waals surface area contributed by atoms with Crippen molar-refractivity contribution in [2.75, 3.05) is 32.8 Å². The molecule has 3 aliphatic rings. The van der Waals surface area contributed by atoms with Crippen LogP contribution in [-0.2, 0) is 20.6 Å². The lowest BCUT2D eigenvalue weighted by Gasteiger charge is -2.35. The second-order valence-electron chi connectivity index (χ2n) is 13.0. The van der Waals surface area contributed by atoms with E-state index in [9.17, 15) is 4.79 Å². The number of hydrogen-bond acceptors (Lipinski definition) is 5. The second-order valence-corrected chi connectivity index (χ2v) is 13.0. The summed E-state index contributed by atoms with van der Waals surface area (Å²) in [7, 11) is -0.470. The van der Waals surface area contributed by atoms with Gasteiger partial charge in [-0.2, -0.15) is 0 Å². The van der Waals surface area contributed by atoms with E-state index in [-0.39, 0.29) is 12.0 Å². The minimum atomic E-state index is -0.470. The molecule has 2 heterocycles. The predicted molar refractivity (Wildman–Crippen MR) is 171 cm³/mol. The van der Waals surface area contributed by atoms with E-state index < -0.39 is 18.3 Å². The summed E-state index contributed by atoms with van der Waals surface area (Å²) in [4.78, 5) is 17.4. The highest BCUT2D eigenvalue weighted by Gasteiger charge is 2.52. The largest absolute Gasteiger partial charge is 0.495 e. The first-order valence-electron chi connectivity index (χ1n) is 15.3. The molecule has 0 aromatic heterocycles. The Hall–Kier alpha value is -3.57. The molecule has 43 heavy (non-hydrogen) atoms. The maximum absolute atomic E-state index is 13.2. The number of ether oxygens (including phenoxy) is 1. The first kappa shape index (κ1) is 29.5. The highest BCUT2D eigenvalue weighted by atomic mass is 16.7. The van der Waals surface area contributed by atoms with Crippen LogP contribution >= 0.6 is 0 Å². The summed E-state index contributed by atoms with van der Waals surface area (Å²) in [6.45, 7) is 16.2. The molecule has 0 bridgehead atoms. The molecular formula is C36H41BN2O4. The quantitative estimate of drug-likeness (QED) is 0.290. The van der Waals surface area contributed by atoms with Gasteiger partial charge in [0.25, 0.3) is 0 Å². The number of nitrogens with zero attached hydrogens (tertiary/aromatic N) is 2. The fourth-order valence-electron chi connectivity index (χ4n) is 6.60. The Kier molecular flexibility index (Phi) is 7.67. The normalized spacial score (nSPS) is 19.2. The van der Waals surface area contributed by atoms with E-state index in [1.165, 1.54) is 22.3 Å². The zero-order valence-electron chi connectivity index (χ0n) is 26.2. The van der Waals surface area contributed by atoms with Gasteiger partial charge in [-0.1, -0.05) is 60.5 Å². The first-order valence-corrected chi connectivity index (χ1v) is 15.3. The topological polar surface area (TPSA) is 51.2 Å². The van der Waals surface area contributed by atoms with Gasteiger partial charge >= 0.3 is 13.2 Å². The molecule has 0 atom stereocenters. The Morgan fingerprint density at radius 1 is 0.930 bits per heavy atom. The van der Waals surface area contributed by atoms with Crippen LogP contribution in [0.15, 0.2) is 54.6 Å². The van der Waals surface area contributed by atoms with Gasteiger partial charge in [0.1, 0.15) is 6.61 Å². The number of rotatable bonds is 5. The van der Waals surface area contributed by atoms with Crippen molar-refractivity contribution in [3.63, 3.8) is 0 Å². The van der Waals surface area contributed by atoms with Gasteiger partial charge in [0.05, 0.1) is 11.2 Å². The molecule has 7 heteroatoms. The third-order valence-electron chi connectivity index (χ3n) is 10.0. The molecule has 6 nitrogen and oxygen atoms in total. The number of hydrogen-bond donors (Lipinski definition) is 0. The van der Waals surface area contributed by atoms with Gasteiger partial charge in [-0.3, -0.25) is 4.90 Å². The van der Waals surface area contributed by atoms with E-state index >= 15 is 0 Å². The lowest BCUT2D eigenvalue weighted by molar-refractivity contribution is 0.00578. The molecule has 0 spiro atoms. The van der Waals surface area contributed by atoms with E-state index in [1.54, 1.807) is 0 Å². The van der Waals surface area contributed by atoms with E-state index in [1.807, 2.05) is 4.90 Å². The number of terminal acetylenes is 1. The van der Waals surface area contributed by atoms with E-state index in [0.717, 1.165) is 47.4 Å². The average Bonchev–Trinajstić information content (AvgIpc) is 3.42. The molecule has 1 aliphatic carbocycles. The van der Waals surface area contributed by atoms with Gasteiger partial charge in [-0.15, -0.1) is 6.42 Å². The molecule has 2 aliphatic heterocycles. The van der Waals surface area contributed by atoms with Crippen LogP contribution in [0.2, 0.25) is 0 Å². The van der Waals surface area contributed by atoms with Gasteiger partial charge < -0.3 is 18.9 Å². The van der Waals surface area contributed by atoms with Crippen LogP contribution in [-0.4, -0.2) is 67.0 Å². The van der Waals surface area contributed by atoms with Crippen LogP contribution < -0.4 is 5.46 Å². The zero-order valence-corrected chi connectivity index (χ0v) is 26.2. The van der Waals surface area contributed by atoms with Gasteiger partial charge in [0, 0.05) is 44.2 Å². The van der Waals surface area contributed by atoms with Gasteiger partial charge in [-0.05, 0) is 85.9 Å². The van der Waals surface area contributed by atoms with Crippen molar-refractivity contribution < 1.29 is 18.8 Å². The van der Waals surface area contributed by atoms with E-state index in [4.69, 9.17) is 20.5 Å². The van der Waals surface area contributed by atoms with Crippen LogP contribution in [0.3, 0.4) is 0 Å². The maximum atomic E-state index is 13.2. The van der Waals surface area contributed by atoms with Crippen LogP contribution in [0.5, 0.6) is 0 Å². The molecule has 0 N–H and O–H groups in total. The number of amides is 1. The summed E-state index contributed by atoms with van der Waals surface area (Å²) in [5.74, 6) is 2.98. The van der Waals surface area contributed by atoms with Crippen molar-refractivity contribution >= 4 is 18.7 Å². The zero-order chi connectivity index (χ0) is 30.5. The molecule has 3 aromatic rings. The molecule has 0 unspecified atom stereocenters. The number of benzene rings is 3. The van der Waals surface area contributed by atoms with Crippen molar-refractivity contribution in [1.82, 2.24) is 9.80 Å². The molecule has 6 rings (SSSR count). The molecule has 2 saturated heterocycles. The lowest BCUT2D eigenvalue weighted by Crippen LogP contribution is -2.48. The molecule has 0 saturated carbocycles. The van der Waals surface area contributed by atoms with E-state index in [2.05, 4.69) is 107 Å². The smallest absolute Gasteiger partial charge is 0.448 e. The van der Waals surface area contributed by atoms with Crippen molar-refractivity contribution in [2.24, 2.45) is 0 Å². The summed E-state index contributed by atoms with van der Waals surface area (Å²) in [6.07, 6.45) is 5.76. The fraction of sp³-hybridized carbons (Fsp3) is 0.417. The molecule has 0 radical (unpaired) electrons. The Morgan fingerprint density at radius 3 is 2.05 bits per heavy atom.